The van der Waals surface area contributed by atoms with E-state index in [9.17, 15) is 14.4 Å². The summed E-state index contributed by atoms with van der Waals surface area (Å²) in [6.07, 6.45) is 86.8. The van der Waals surface area contributed by atoms with Crippen LogP contribution in [0.4, 0.5) is 0 Å². The summed E-state index contributed by atoms with van der Waals surface area (Å²) < 4.78 is 16.8. The quantitative estimate of drug-likeness (QED) is 0.0261. The van der Waals surface area contributed by atoms with Crippen molar-refractivity contribution in [3.63, 3.8) is 0 Å². The Morgan fingerprint density at radius 1 is 0.276 bits per heavy atom. The van der Waals surface area contributed by atoms with Crippen molar-refractivity contribution in [3.8, 4) is 0 Å². The average Bonchev–Trinajstić information content (AvgIpc) is 3.42. The van der Waals surface area contributed by atoms with Gasteiger partial charge in [-0.15, -0.1) is 0 Å². The summed E-state index contributed by atoms with van der Waals surface area (Å²) >= 11 is 0. The molecule has 0 saturated carbocycles. The Labute approximate surface area is 470 Å². The minimum absolute atomic E-state index is 0.105. The van der Waals surface area contributed by atoms with E-state index in [4.69, 9.17) is 14.2 Å². The van der Waals surface area contributed by atoms with Gasteiger partial charge in [-0.2, -0.15) is 0 Å². The highest BCUT2D eigenvalue weighted by molar-refractivity contribution is 5.71. The van der Waals surface area contributed by atoms with E-state index in [0.717, 1.165) is 109 Å². The van der Waals surface area contributed by atoms with Crippen molar-refractivity contribution in [1.29, 1.82) is 0 Å². The summed E-state index contributed by atoms with van der Waals surface area (Å²) in [6, 6.07) is 0. The van der Waals surface area contributed by atoms with Crippen LogP contribution in [0.3, 0.4) is 0 Å². The lowest BCUT2D eigenvalue weighted by molar-refractivity contribution is -0.167. The van der Waals surface area contributed by atoms with Crippen molar-refractivity contribution in [2.45, 2.75) is 303 Å². The third kappa shape index (κ3) is 60.9. The molecular formula is C70H118O6. The van der Waals surface area contributed by atoms with Crippen molar-refractivity contribution in [1.82, 2.24) is 0 Å². The first-order chi connectivity index (χ1) is 37.5. The molecule has 0 heterocycles. The maximum atomic E-state index is 12.9. The lowest BCUT2D eigenvalue weighted by Gasteiger charge is -2.18. The minimum Gasteiger partial charge on any atom is -0.462 e. The number of carbonyl (C=O) groups is 3. The molecule has 0 aliphatic heterocycles. The first-order valence-corrected chi connectivity index (χ1v) is 31.9. The third-order valence-electron chi connectivity index (χ3n) is 13.5. The molecule has 6 heteroatoms. The fraction of sp³-hybridized carbons (Fsp3) is 0.700. The Hall–Kier alpha value is -3.93. The smallest absolute Gasteiger partial charge is 0.306 e. The summed E-state index contributed by atoms with van der Waals surface area (Å²) in [4.78, 5) is 38.2. The zero-order valence-corrected chi connectivity index (χ0v) is 49.7. The molecule has 0 aromatic rings. The summed E-state index contributed by atoms with van der Waals surface area (Å²) in [6.45, 7) is 6.43. The second kappa shape index (κ2) is 63.6. The van der Waals surface area contributed by atoms with Crippen molar-refractivity contribution in [3.05, 3.63) is 109 Å². The van der Waals surface area contributed by atoms with Gasteiger partial charge in [0.15, 0.2) is 6.10 Å². The standard InChI is InChI=1S/C70H118O6/c1-4-7-10-13-16-19-22-25-28-30-31-32-33-34-35-36-37-38-39-41-42-45-48-51-54-57-60-63-69(72)75-66-67(65-74-68(71)62-59-56-53-50-47-44-27-24-21-18-15-12-9-6-3)76-70(73)64-61-58-55-52-49-46-43-40-29-26-23-20-17-14-11-8-5-2/h8,11,15,17-18,20,22,24-27,29-31,43,46,52,55,67H,4-7,9-10,12-14,16,19,21,23,28,32-42,44-45,47-51,53-54,56-66H2,1-3H3/b11-8-,18-15-,20-17-,25-22-,27-24-,29-26-,31-30-,46-43-,55-52-. The number of ether oxygens (including phenoxy) is 3. The number of hydrogen-bond donors (Lipinski definition) is 0. The number of unbranched alkanes of at least 4 members (excludes halogenated alkanes) is 28. The van der Waals surface area contributed by atoms with E-state index < -0.39 is 6.10 Å². The molecule has 0 aliphatic rings. The first kappa shape index (κ1) is 72.1. The Bertz CT molecular complexity index is 1540. The van der Waals surface area contributed by atoms with E-state index in [-0.39, 0.29) is 37.5 Å². The fourth-order valence-electron chi connectivity index (χ4n) is 8.70. The van der Waals surface area contributed by atoms with Crippen LogP contribution in [0.5, 0.6) is 0 Å². The first-order valence-electron chi connectivity index (χ1n) is 31.9. The van der Waals surface area contributed by atoms with E-state index in [1.165, 1.54) is 141 Å². The third-order valence-corrected chi connectivity index (χ3v) is 13.5. The molecule has 0 bridgehead atoms. The van der Waals surface area contributed by atoms with Crippen LogP contribution in [0.1, 0.15) is 297 Å². The second-order valence-electron chi connectivity index (χ2n) is 20.9. The fourth-order valence-corrected chi connectivity index (χ4v) is 8.70. The van der Waals surface area contributed by atoms with Crippen LogP contribution in [0.2, 0.25) is 0 Å². The van der Waals surface area contributed by atoms with Gasteiger partial charge in [-0.25, -0.2) is 0 Å². The highest BCUT2D eigenvalue weighted by atomic mass is 16.6. The van der Waals surface area contributed by atoms with Gasteiger partial charge in [0.05, 0.1) is 0 Å². The molecule has 434 valence electrons. The molecule has 0 aromatic heterocycles. The molecule has 0 fully saturated rings. The van der Waals surface area contributed by atoms with Crippen molar-refractivity contribution in [2.75, 3.05) is 13.2 Å². The number of rotatable bonds is 57. The number of hydrogen-bond acceptors (Lipinski definition) is 6. The van der Waals surface area contributed by atoms with Crippen LogP contribution in [0.15, 0.2) is 109 Å². The van der Waals surface area contributed by atoms with Gasteiger partial charge in [0.25, 0.3) is 0 Å². The van der Waals surface area contributed by atoms with Gasteiger partial charge in [-0.1, -0.05) is 271 Å². The topological polar surface area (TPSA) is 78.9 Å². The van der Waals surface area contributed by atoms with Crippen molar-refractivity contribution < 1.29 is 28.6 Å². The number of carbonyl (C=O) groups excluding carboxylic acids is 3. The van der Waals surface area contributed by atoms with Gasteiger partial charge in [0.2, 0.25) is 0 Å². The molecule has 1 unspecified atom stereocenters. The zero-order valence-electron chi connectivity index (χ0n) is 49.7. The molecule has 76 heavy (non-hydrogen) atoms. The molecular weight excluding hydrogens is 937 g/mol. The Balaban J connectivity index is 4.35. The molecule has 0 radical (unpaired) electrons. The lowest BCUT2D eigenvalue weighted by atomic mass is 10.0. The molecule has 0 saturated heterocycles. The predicted molar refractivity (Wildman–Crippen MR) is 330 cm³/mol. The average molecular weight is 1060 g/mol. The zero-order chi connectivity index (χ0) is 55.0. The number of allylic oxidation sites excluding steroid dienone is 18. The maximum absolute atomic E-state index is 12.9. The number of esters is 3. The largest absolute Gasteiger partial charge is 0.462 e. The Morgan fingerprint density at radius 2 is 0.539 bits per heavy atom. The Kier molecular flexibility index (Phi) is 60.3. The van der Waals surface area contributed by atoms with Gasteiger partial charge in [-0.05, 0) is 116 Å². The lowest BCUT2D eigenvalue weighted by Crippen LogP contribution is -2.30. The van der Waals surface area contributed by atoms with Gasteiger partial charge < -0.3 is 14.2 Å². The van der Waals surface area contributed by atoms with E-state index in [0.29, 0.717) is 19.3 Å². The van der Waals surface area contributed by atoms with Gasteiger partial charge in [0, 0.05) is 19.3 Å². The van der Waals surface area contributed by atoms with Crippen LogP contribution in [-0.2, 0) is 28.6 Å². The highest BCUT2D eigenvalue weighted by Crippen LogP contribution is 2.16. The van der Waals surface area contributed by atoms with Crippen LogP contribution in [-0.4, -0.2) is 37.2 Å². The summed E-state index contributed by atoms with van der Waals surface area (Å²) in [5, 5.41) is 0. The van der Waals surface area contributed by atoms with Gasteiger partial charge in [-0.3, -0.25) is 14.4 Å². The van der Waals surface area contributed by atoms with Crippen LogP contribution in [0.25, 0.3) is 0 Å². The molecule has 0 amide bonds. The molecule has 6 nitrogen and oxygen atoms in total. The summed E-state index contributed by atoms with van der Waals surface area (Å²) in [7, 11) is 0. The van der Waals surface area contributed by atoms with Crippen molar-refractivity contribution in [2.24, 2.45) is 0 Å². The maximum Gasteiger partial charge on any atom is 0.306 e. The molecule has 0 aromatic carbocycles. The van der Waals surface area contributed by atoms with E-state index in [1.807, 2.05) is 0 Å². The summed E-state index contributed by atoms with van der Waals surface area (Å²) in [5.74, 6) is -0.973. The molecule has 0 aliphatic carbocycles. The summed E-state index contributed by atoms with van der Waals surface area (Å²) in [5.41, 5.74) is 0. The van der Waals surface area contributed by atoms with Crippen LogP contribution >= 0.6 is 0 Å². The van der Waals surface area contributed by atoms with E-state index >= 15 is 0 Å². The Morgan fingerprint density at radius 3 is 0.882 bits per heavy atom. The monoisotopic (exact) mass is 1050 g/mol. The molecule has 1 atom stereocenters. The second-order valence-corrected chi connectivity index (χ2v) is 20.9. The SMILES string of the molecule is CC/C=C\C/C=C\C/C=C\C/C=C\C/C=C\CCCC(=O)OC(COC(=O)CCCCCCC/C=C\C/C=C\CCCC)COC(=O)CCCCCCCCCCCCCCCCC/C=C\C/C=C\CCCCCCC. The highest BCUT2D eigenvalue weighted by Gasteiger charge is 2.19. The molecule has 0 N–H and O–H groups in total. The molecule has 0 spiro atoms. The van der Waals surface area contributed by atoms with E-state index in [2.05, 4.69) is 130 Å². The van der Waals surface area contributed by atoms with Crippen LogP contribution in [0, 0.1) is 0 Å². The minimum atomic E-state index is -0.816. The normalized spacial score (nSPS) is 12.8. The van der Waals surface area contributed by atoms with Crippen molar-refractivity contribution >= 4 is 17.9 Å². The van der Waals surface area contributed by atoms with Gasteiger partial charge >= 0.3 is 17.9 Å². The molecule has 0 rings (SSSR count). The van der Waals surface area contributed by atoms with E-state index in [1.54, 1.807) is 0 Å². The van der Waals surface area contributed by atoms with Crippen LogP contribution < -0.4 is 0 Å². The predicted octanol–water partition coefficient (Wildman–Crippen LogP) is 21.8. The van der Waals surface area contributed by atoms with Gasteiger partial charge in [0.1, 0.15) is 13.2 Å².